The van der Waals surface area contributed by atoms with Crippen molar-refractivity contribution in [2.75, 3.05) is 13.1 Å². The van der Waals surface area contributed by atoms with Crippen LogP contribution >= 0.6 is 0 Å². The highest BCUT2D eigenvalue weighted by atomic mass is 15.2. The van der Waals surface area contributed by atoms with Crippen molar-refractivity contribution < 1.29 is 0 Å². The van der Waals surface area contributed by atoms with Gasteiger partial charge in [-0.1, -0.05) is 30.3 Å². The zero-order chi connectivity index (χ0) is 11.0. The summed E-state index contributed by atoms with van der Waals surface area (Å²) in [6, 6.07) is 11.7. The first-order valence-corrected chi connectivity index (χ1v) is 6.38. The van der Waals surface area contributed by atoms with Gasteiger partial charge in [-0.3, -0.25) is 4.90 Å². The van der Waals surface area contributed by atoms with Crippen LogP contribution in [0.1, 0.15) is 18.4 Å². The average molecular weight is 216 g/mol. The summed E-state index contributed by atoms with van der Waals surface area (Å²) in [7, 11) is 0. The van der Waals surface area contributed by atoms with E-state index in [1.807, 2.05) is 0 Å². The summed E-state index contributed by atoms with van der Waals surface area (Å²) in [5.74, 6) is 0.777. The Kier molecular flexibility index (Phi) is 2.70. The van der Waals surface area contributed by atoms with Gasteiger partial charge >= 0.3 is 0 Å². The summed E-state index contributed by atoms with van der Waals surface area (Å²) >= 11 is 0. The second-order valence-electron chi connectivity index (χ2n) is 5.21. The number of fused-ring (bicyclic) bond motifs is 3. The molecule has 16 heavy (non-hydrogen) atoms. The minimum Gasteiger partial charge on any atom is -0.326 e. The number of hydrogen-bond acceptors (Lipinski definition) is 2. The first-order chi connectivity index (χ1) is 7.84. The van der Waals surface area contributed by atoms with E-state index in [-0.39, 0.29) is 0 Å². The molecular formula is C14H20N2. The Balaban J connectivity index is 1.75. The van der Waals surface area contributed by atoms with Crippen LogP contribution in [0.25, 0.3) is 0 Å². The highest BCUT2D eigenvalue weighted by molar-refractivity contribution is 5.17. The van der Waals surface area contributed by atoms with Gasteiger partial charge in [0, 0.05) is 12.1 Å². The molecule has 0 aromatic heterocycles. The van der Waals surface area contributed by atoms with Gasteiger partial charge in [-0.05, 0) is 43.8 Å². The smallest absolute Gasteiger partial charge is 0.0290 e. The molecule has 2 unspecified atom stereocenters. The predicted molar refractivity (Wildman–Crippen MR) is 66.2 cm³/mol. The third-order valence-electron chi connectivity index (χ3n) is 4.32. The van der Waals surface area contributed by atoms with Crippen LogP contribution in [0.3, 0.4) is 0 Å². The number of hydrogen-bond donors (Lipinski definition) is 1. The van der Waals surface area contributed by atoms with Gasteiger partial charge in [0.25, 0.3) is 0 Å². The lowest BCUT2D eigenvalue weighted by Gasteiger charge is -2.49. The maximum Gasteiger partial charge on any atom is 0.0290 e. The molecule has 0 aliphatic carbocycles. The van der Waals surface area contributed by atoms with Crippen LogP contribution in [0.4, 0.5) is 0 Å². The Morgan fingerprint density at radius 2 is 1.81 bits per heavy atom. The van der Waals surface area contributed by atoms with E-state index in [4.69, 9.17) is 5.73 Å². The van der Waals surface area contributed by atoms with Crippen molar-refractivity contribution in [2.45, 2.75) is 31.3 Å². The Bertz CT molecular complexity index is 339. The van der Waals surface area contributed by atoms with E-state index >= 15 is 0 Å². The predicted octanol–water partition coefficient (Wildman–Crippen LogP) is 1.65. The standard InChI is InChI=1S/C14H20N2/c15-14-12-6-8-16(9-7-12)13(14)10-11-4-2-1-3-5-11/h1-5,12-14H,6-10,15H2. The molecule has 2 heteroatoms. The van der Waals surface area contributed by atoms with Crippen molar-refractivity contribution >= 4 is 0 Å². The fraction of sp³-hybridized carbons (Fsp3) is 0.571. The zero-order valence-corrected chi connectivity index (χ0v) is 9.68. The molecule has 2 bridgehead atoms. The molecule has 86 valence electrons. The highest BCUT2D eigenvalue weighted by Gasteiger charge is 2.39. The second kappa shape index (κ2) is 4.19. The fourth-order valence-corrected chi connectivity index (χ4v) is 3.31. The Morgan fingerprint density at radius 3 is 2.44 bits per heavy atom. The van der Waals surface area contributed by atoms with E-state index < -0.39 is 0 Å². The summed E-state index contributed by atoms with van der Waals surface area (Å²) in [4.78, 5) is 2.59. The number of nitrogens with zero attached hydrogens (tertiary/aromatic N) is 1. The maximum atomic E-state index is 6.37. The summed E-state index contributed by atoms with van der Waals surface area (Å²) in [5.41, 5.74) is 7.80. The zero-order valence-electron chi connectivity index (χ0n) is 9.68. The molecule has 3 aliphatic rings. The van der Waals surface area contributed by atoms with Crippen LogP contribution in [-0.2, 0) is 6.42 Å². The van der Waals surface area contributed by atoms with Crippen LogP contribution < -0.4 is 5.73 Å². The molecule has 1 aromatic carbocycles. The van der Waals surface area contributed by atoms with E-state index in [0.717, 1.165) is 12.3 Å². The van der Waals surface area contributed by atoms with Crippen molar-refractivity contribution in [1.82, 2.24) is 4.90 Å². The van der Waals surface area contributed by atoms with Gasteiger partial charge in [-0.2, -0.15) is 0 Å². The van der Waals surface area contributed by atoms with Crippen molar-refractivity contribution in [3.8, 4) is 0 Å². The lowest BCUT2D eigenvalue weighted by atomic mass is 9.77. The van der Waals surface area contributed by atoms with Gasteiger partial charge in [0.15, 0.2) is 0 Å². The SMILES string of the molecule is NC1C2CCN(CC2)C1Cc1ccccc1. The summed E-state index contributed by atoms with van der Waals surface area (Å²) in [6.45, 7) is 2.52. The number of rotatable bonds is 2. The molecule has 2 nitrogen and oxygen atoms in total. The fourth-order valence-electron chi connectivity index (χ4n) is 3.31. The normalized spacial score (nSPS) is 37.6. The monoisotopic (exact) mass is 216 g/mol. The van der Waals surface area contributed by atoms with Gasteiger partial charge < -0.3 is 5.73 Å². The van der Waals surface area contributed by atoms with E-state index in [0.29, 0.717) is 12.1 Å². The lowest BCUT2D eigenvalue weighted by molar-refractivity contribution is 0.0288. The first kappa shape index (κ1) is 10.3. The molecule has 1 aromatic rings. The van der Waals surface area contributed by atoms with Gasteiger partial charge in [0.1, 0.15) is 0 Å². The number of benzene rings is 1. The van der Waals surface area contributed by atoms with Crippen molar-refractivity contribution in [3.63, 3.8) is 0 Å². The van der Waals surface area contributed by atoms with Crippen molar-refractivity contribution in [3.05, 3.63) is 35.9 Å². The molecule has 3 fully saturated rings. The second-order valence-corrected chi connectivity index (χ2v) is 5.21. The summed E-state index contributed by atoms with van der Waals surface area (Å²) in [6.07, 6.45) is 3.75. The van der Waals surface area contributed by atoms with E-state index in [1.54, 1.807) is 0 Å². The third-order valence-corrected chi connectivity index (χ3v) is 4.32. The minimum atomic E-state index is 0.391. The van der Waals surface area contributed by atoms with E-state index in [1.165, 1.54) is 31.5 Å². The molecule has 3 saturated heterocycles. The van der Waals surface area contributed by atoms with Gasteiger partial charge in [-0.15, -0.1) is 0 Å². The third kappa shape index (κ3) is 1.76. The number of piperidine rings is 3. The van der Waals surface area contributed by atoms with Crippen LogP contribution in [0.5, 0.6) is 0 Å². The molecule has 2 N–H and O–H groups in total. The first-order valence-electron chi connectivity index (χ1n) is 6.38. The Hall–Kier alpha value is -0.860. The lowest BCUT2D eigenvalue weighted by Crippen LogP contribution is -2.61. The molecule has 4 rings (SSSR count). The van der Waals surface area contributed by atoms with Crippen LogP contribution in [0.2, 0.25) is 0 Å². The van der Waals surface area contributed by atoms with Crippen LogP contribution in [0.15, 0.2) is 30.3 Å². The molecule has 0 amide bonds. The largest absolute Gasteiger partial charge is 0.326 e. The minimum absolute atomic E-state index is 0.391. The molecular weight excluding hydrogens is 196 g/mol. The van der Waals surface area contributed by atoms with E-state index in [2.05, 4.69) is 35.2 Å². The van der Waals surface area contributed by atoms with E-state index in [9.17, 15) is 0 Å². The molecule has 3 aliphatic heterocycles. The quantitative estimate of drug-likeness (QED) is 0.814. The molecule has 0 radical (unpaired) electrons. The summed E-state index contributed by atoms with van der Waals surface area (Å²) < 4.78 is 0. The van der Waals surface area contributed by atoms with Gasteiger partial charge in [0.05, 0.1) is 0 Å². The maximum absolute atomic E-state index is 6.37. The van der Waals surface area contributed by atoms with Crippen LogP contribution in [0, 0.1) is 5.92 Å². The molecule has 3 heterocycles. The average Bonchev–Trinajstić information content (AvgIpc) is 2.36. The Morgan fingerprint density at radius 1 is 1.12 bits per heavy atom. The number of nitrogens with two attached hydrogens (primary N) is 1. The van der Waals surface area contributed by atoms with Gasteiger partial charge in [0.2, 0.25) is 0 Å². The topological polar surface area (TPSA) is 29.3 Å². The molecule has 0 saturated carbocycles. The molecule has 2 atom stereocenters. The van der Waals surface area contributed by atoms with Crippen molar-refractivity contribution in [1.29, 1.82) is 0 Å². The Labute approximate surface area is 97.4 Å². The molecule has 0 spiro atoms. The van der Waals surface area contributed by atoms with Gasteiger partial charge in [-0.25, -0.2) is 0 Å². The summed E-state index contributed by atoms with van der Waals surface area (Å²) in [5, 5.41) is 0. The highest BCUT2D eigenvalue weighted by Crippen LogP contribution is 2.32. The van der Waals surface area contributed by atoms with Crippen molar-refractivity contribution in [2.24, 2.45) is 11.7 Å². The van der Waals surface area contributed by atoms with Crippen LogP contribution in [-0.4, -0.2) is 30.1 Å².